The summed E-state index contributed by atoms with van der Waals surface area (Å²) in [6, 6.07) is 0. The molecule has 0 bridgehead atoms. The van der Waals surface area contributed by atoms with Gasteiger partial charge in [0, 0.05) is 34.8 Å². The summed E-state index contributed by atoms with van der Waals surface area (Å²) in [5.74, 6) is 0.867. The van der Waals surface area contributed by atoms with Gasteiger partial charge >= 0.3 is 0 Å². The van der Waals surface area contributed by atoms with Crippen LogP contribution in [0.4, 0.5) is 0 Å². The number of halogens is 1. The molecule has 0 saturated carbocycles. The van der Waals surface area contributed by atoms with E-state index < -0.39 is 0 Å². The average Bonchev–Trinajstić information content (AvgIpc) is 2.65. The van der Waals surface area contributed by atoms with Crippen LogP contribution in [0, 0.1) is 3.57 Å². The lowest BCUT2D eigenvalue weighted by Gasteiger charge is -2.31. The minimum atomic E-state index is 0.340. The third-order valence-electron chi connectivity index (χ3n) is 4.58. The van der Waals surface area contributed by atoms with Crippen LogP contribution in [0.25, 0.3) is 0 Å². The lowest BCUT2D eigenvalue weighted by Crippen LogP contribution is -2.39. The SMILES string of the molecule is CC(C)[S+](C(C)C)C(C)C1CCC(=O)c2c(I)cn(C)c21. The average molecular weight is 420 g/mol. The highest BCUT2D eigenvalue weighted by Crippen LogP contribution is 2.41. The van der Waals surface area contributed by atoms with Gasteiger partial charge in [-0.05, 0) is 74.5 Å². The summed E-state index contributed by atoms with van der Waals surface area (Å²) in [6.07, 6.45) is 3.86. The van der Waals surface area contributed by atoms with Gasteiger partial charge < -0.3 is 4.57 Å². The number of ketones is 1. The quantitative estimate of drug-likeness (QED) is 0.519. The van der Waals surface area contributed by atoms with Crippen molar-refractivity contribution in [3.05, 3.63) is 21.0 Å². The minimum absolute atomic E-state index is 0.340. The Labute approximate surface area is 145 Å². The summed E-state index contributed by atoms with van der Waals surface area (Å²) in [6.45, 7) is 11.8. The molecule has 21 heavy (non-hydrogen) atoms. The largest absolute Gasteiger partial charge is 0.352 e. The highest BCUT2D eigenvalue weighted by Gasteiger charge is 2.43. The van der Waals surface area contributed by atoms with Crippen LogP contribution in [-0.2, 0) is 17.9 Å². The molecule has 1 heterocycles. The molecular weight excluding hydrogens is 393 g/mol. The molecule has 0 fully saturated rings. The van der Waals surface area contributed by atoms with Gasteiger partial charge in [-0.25, -0.2) is 0 Å². The number of nitrogens with zero attached hydrogens (tertiary/aromatic N) is 1. The Kier molecular flexibility index (Phi) is 5.50. The van der Waals surface area contributed by atoms with Crippen molar-refractivity contribution in [1.82, 2.24) is 4.57 Å². The van der Waals surface area contributed by atoms with Crippen molar-refractivity contribution in [2.24, 2.45) is 7.05 Å². The molecule has 1 aliphatic rings. The first kappa shape index (κ1) is 17.4. The van der Waals surface area contributed by atoms with E-state index in [0.29, 0.717) is 38.3 Å². The zero-order valence-electron chi connectivity index (χ0n) is 13.9. The lowest BCUT2D eigenvalue weighted by molar-refractivity contribution is 0.0965. The predicted octanol–water partition coefficient (Wildman–Crippen LogP) is 4.51. The monoisotopic (exact) mass is 420 g/mol. The smallest absolute Gasteiger partial charge is 0.165 e. The second kappa shape index (κ2) is 6.65. The predicted molar refractivity (Wildman–Crippen MR) is 102 cm³/mol. The summed E-state index contributed by atoms with van der Waals surface area (Å²) in [5, 5.41) is 2.06. The lowest BCUT2D eigenvalue weighted by atomic mass is 9.85. The molecule has 118 valence electrons. The van der Waals surface area contributed by atoms with E-state index in [1.165, 1.54) is 5.69 Å². The van der Waals surface area contributed by atoms with E-state index in [4.69, 9.17) is 0 Å². The summed E-state index contributed by atoms with van der Waals surface area (Å²) < 4.78 is 3.33. The molecule has 1 aromatic heterocycles. The van der Waals surface area contributed by atoms with Crippen LogP contribution in [0.3, 0.4) is 0 Å². The molecule has 4 heteroatoms. The van der Waals surface area contributed by atoms with Crippen molar-refractivity contribution in [2.45, 2.75) is 69.1 Å². The number of aryl methyl sites for hydroxylation is 1. The van der Waals surface area contributed by atoms with Gasteiger partial charge in [0.05, 0.1) is 5.56 Å². The fourth-order valence-electron chi connectivity index (χ4n) is 3.92. The molecule has 2 unspecified atom stereocenters. The summed E-state index contributed by atoms with van der Waals surface area (Å²) in [7, 11) is 2.48. The second-order valence-corrected chi connectivity index (χ2v) is 11.2. The molecule has 2 atom stereocenters. The first-order valence-corrected chi connectivity index (χ1v) is 10.3. The Morgan fingerprint density at radius 1 is 1.24 bits per heavy atom. The third-order valence-corrected chi connectivity index (χ3v) is 8.76. The van der Waals surface area contributed by atoms with E-state index in [0.717, 1.165) is 22.0 Å². The summed E-state index contributed by atoms with van der Waals surface area (Å²) in [4.78, 5) is 12.3. The van der Waals surface area contributed by atoms with Gasteiger partial charge in [0.2, 0.25) is 0 Å². The number of hydrogen-bond acceptors (Lipinski definition) is 1. The van der Waals surface area contributed by atoms with E-state index >= 15 is 0 Å². The highest BCUT2D eigenvalue weighted by molar-refractivity contribution is 14.1. The molecule has 0 spiro atoms. The Bertz CT molecular complexity index is 527. The van der Waals surface area contributed by atoms with Crippen molar-refractivity contribution in [3.63, 3.8) is 0 Å². The molecule has 1 aliphatic carbocycles. The topological polar surface area (TPSA) is 22.0 Å². The van der Waals surface area contributed by atoms with Crippen molar-refractivity contribution in [3.8, 4) is 0 Å². The van der Waals surface area contributed by atoms with Crippen molar-refractivity contribution in [1.29, 1.82) is 0 Å². The number of fused-ring (bicyclic) bond motifs is 1. The van der Waals surface area contributed by atoms with Crippen LogP contribution >= 0.6 is 22.6 Å². The Morgan fingerprint density at radius 2 is 1.81 bits per heavy atom. The Balaban J connectivity index is 2.42. The highest BCUT2D eigenvalue weighted by atomic mass is 127. The fourth-order valence-corrected chi connectivity index (χ4v) is 8.37. The number of carbonyl (C=O) groups excluding carboxylic acids is 1. The first-order valence-electron chi connectivity index (χ1n) is 7.84. The zero-order chi connectivity index (χ0) is 15.9. The fraction of sp³-hybridized carbons (Fsp3) is 0.706. The van der Waals surface area contributed by atoms with Gasteiger partial charge in [0.1, 0.15) is 15.7 Å². The summed E-state index contributed by atoms with van der Waals surface area (Å²) >= 11 is 2.32. The number of carbonyl (C=O) groups is 1. The molecule has 0 N–H and O–H groups in total. The van der Waals surface area contributed by atoms with Gasteiger partial charge in [-0.15, -0.1) is 0 Å². The first-order chi connectivity index (χ1) is 9.75. The van der Waals surface area contributed by atoms with Gasteiger partial charge in [0.15, 0.2) is 5.78 Å². The Morgan fingerprint density at radius 3 is 2.33 bits per heavy atom. The minimum Gasteiger partial charge on any atom is -0.352 e. The van der Waals surface area contributed by atoms with Gasteiger partial charge in [-0.3, -0.25) is 4.79 Å². The van der Waals surface area contributed by atoms with Crippen LogP contribution in [0.15, 0.2) is 6.20 Å². The van der Waals surface area contributed by atoms with Crippen LogP contribution < -0.4 is 0 Å². The molecule has 0 saturated heterocycles. The maximum atomic E-state index is 12.3. The number of Topliss-reactive ketones (excluding diaryl/α,β-unsaturated/α-hetero) is 1. The van der Waals surface area contributed by atoms with Crippen molar-refractivity contribution < 1.29 is 4.79 Å². The molecule has 0 amide bonds. The molecular formula is C17H27INOS+. The van der Waals surface area contributed by atoms with E-state index in [1.807, 2.05) is 0 Å². The molecule has 2 nitrogen and oxygen atoms in total. The van der Waals surface area contributed by atoms with Crippen molar-refractivity contribution in [2.75, 3.05) is 0 Å². The van der Waals surface area contributed by atoms with Gasteiger partial charge in [0.25, 0.3) is 0 Å². The van der Waals surface area contributed by atoms with Crippen LogP contribution in [-0.4, -0.2) is 26.1 Å². The normalized spacial score (nSPS) is 20.5. The third kappa shape index (κ3) is 3.21. The maximum Gasteiger partial charge on any atom is 0.165 e. The molecule has 0 aliphatic heterocycles. The van der Waals surface area contributed by atoms with Gasteiger partial charge in [-0.2, -0.15) is 0 Å². The van der Waals surface area contributed by atoms with Gasteiger partial charge in [-0.1, -0.05) is 0 Å². The van der Waals surface area contributed by atoms with Crippen molar-refractivity contribution >= 4 is 39.3 Å². The van der Waals surface area contributed by atoms with Crippen LogP contribution in [0.2, 0.25) is 0 Å². The molecule has 0 radical (unpaired) electrons. The summed E-state index contributed by atoms with van der Waals surface area (Å²) in [5.41, 5.74) is 2.30. The van der Waals surface area contributed by atoms with Crippen LogP contribution in [0.5, 0.6) is 0 Å². The molecule has 0 aromatic carbocycles. The second-order valence-electron chi connectivity index (χ2n) is 6.63. The van der Waals surface area contributed by atoms with E-state index in [-0.39, 0.29) is 0 Å². The van der Waals surface area contributed by atoms with Crippen LogP contribution in [0.1, 0.15) is 69.4 Å². The Hall–Kier alpha value is 0.0300. The molecule has 2 rings (SSSR count). The van der Waals surface area contributed by atoms with E-state index in [2.05, 4.69) is 75.0 Å². The zero-order valence-corrected chi connectivity index (χ0v) is 16.9. The standard InChI is InChI=1S/C17H27INOS/c1-10(2)21(11(3)4)12(5)13-7-8-15(20)16-14(18)9-19(6)17(13)16/h9-13H,7-8H2,1-6H3/q+1. The number of rotatable bonds is 4. The molecule has 1 aromatic rings. The maximum absolute atomic E-state index is 12.3. The van der Waals surface area contributed by atoms with E-state index in [1.54, 1.807) is 0 Å². The van der Waals surface area contributed by atoms with E-state index in [9.17, 15) is 4.79 Å². The number of hydrogen-bond donors (Lipinski definition) is 0. The number of aromatic nitrogens is 1.